The maximum atomic E-state index is 9.09. The molecule has 4 nitrogen and oxygen atoms in total. The Labute approximate surface area is 113 Å². The van der Waals surface area contributed by atoms with Gasteiger partial charge in [0, 0.05) is 11.8 Å². The first-order valence-electron chi connectivity index (χ1n) is 6.30. The van der Waals surface area contributed by atoms with Gasteiger partial charge in [-0.2, -0.15) is 0 Å². The fourth-order valence-electron chi connectivity index (χ4n) is 2.36. The third kappa shape index (κ3) is 2.80. The van der Waals surface area contributed by atoms with Gasteiger partial charge in [0.15, 0.2) is 0 Å². The van der Waals surface area contributed by atoms with Gasteiger partial charge in [-0.1, -0.05) is 17.7 Å². The number of hydrogen-bond acceptors (Lipinski definition) is 4. The van der Waals surface area contributed by atoms with E-state index in [1.54, 1.807) is 6.20 Å². The van der Waals surface area contributed by atoms with E-state index in [2.05, 4.69) is 42.9 Å². The van der Waals surface area contributed by atoms with E-state index in [4.69, 9.17) is 10.8 Å². The highest BCUT2D eigenvalue weighted by Gasteiger charge is 2.12. The van der Waals surface area contributed by atoms with E-state index in [-0.39, 0.29) is 6.61 Å². The predicted octanol–water partition coefficient (Wildman–Crippen LogP) is 2.06. The molecule has 19 heavy (non-hydrogen) atoms. The number of benzene rings is 1. The Morgan fingerprint density at radius 2 is 1.84 bits per heavy atom. The second kappa shape index (κ2) is 5.47. The van der Waals surface area contributed by atoms with Gasteiger partial charge in [0.25, 0.3) is 0 Å². The van der Waals surface area contributed by atoms with Crippen LogP contribution in [0.3, 0.4) is 0 Å². The van der Waals surface area contributed by atoms with Crippen molar-refractivity contribution in [3.63, 3.8) is 0 Å². The van der Waals surface area contributed by atoms with Crippen LogP contribution in [0, 0.1) is 20.8 Å². The third-order valence-corrected chi connectivity index (χ3v) is 3.14. The van der Waals surface area contributed by atoms with Crippen molar-refractivity contribution in [2.45, 2.75) is 26.8 Å². The Morgan fingerprint density at radius 1 is 1.21 bits per heavy atom. The maximum absolute atomic E-state index is 9.09. The molecule has 1 aromatic heterocycles. The molecule has 0 aliphatic carbocycles. The van der Waals surface area contributed by atoms with Gasteiger partial charge in [-0.15, -0.1) is 0 Å². The van der Waals surface area contributed by atoms with Gasteiger partial charge >= 0.3 is 0 Å². The molecule has 0 amide bonds. The zero-order valence-corrected chi connectivity index (χ0v) is 11.5. The number of aliphatic hydroxyl groups is 1. The molecule has 100 valence electrons. The largest absolute Gasteiger partial charge is 0.394 e. The van der Waals surface area contributed by atoms with Crippen LogP contribution in [0.4, 0.5) is 0 Å². The minimum absolute atomic E-state index is 0.157. The second-order valence-electron chi connectivity index (χ2n) is 4.86. The van der Waals surface area contributed by atoms with Crippen LogP contribution in [0.15, 0.2) is 24.4 Å². The van der Waals surface area contributed by atoms with Gasteiger partial charge in [0.1, 0.15) is 5.82 Å². The molecular formula is C15H19N3O. The molecule has 1 heterocycles. The maximum Gasteiger partial charge on any atom is 0.147 e. The topological polar surface area (TPSA) is 72.0 Å². The van der Waals surface area contributed by atoms with Crippen LogP contribution in [-0.4, -0.2) is 21.7 Å². The summed E-state index contributed by atoms with van der Waals surface area (Å²) in [5.74, 6) is 0.472. The highest BCUT2D eigenvalue weighted by molar-refractivity contribution is 5.67. The Hall–Kier alpha value is -1.78. The fourth-order valence-corrected chi connectivity index (χ4v) is 2.36. The van der Waals surface area contributed by atoms with E-state index in [1.165, 1.54) is 16.7 Å². The molecule has 2 rings (SSSR count). The number of nitrogens with zero attached hydrogens (tertiary/aromatic N) is 2. The minimum Gasteiger partial charge on any atom is -0.394 e. The molecule has 4 heteroatoms. The summed E-state index contributed by atoms with van der Waals surface area (Å²) in [4.78, 5) is 8.59. The molecule has 1 atom stereocenters. The average Bonchev–Trinajstić information content (AvgIpc) is 2.37. The third-order valence-electron chi connectivity index (χ3n) is 3.14. The van der Waals surface area contributed by atoms with E-state index in [0.29, 0.717) is 5.82 Å². The van der Waals surface area contributed by atoms with Crippen LogP contribution in [0.2, 0.25) is 0 Å². The monoisotopic (exact) mass is 257 g/mol. The lowest BCUT2D eigenvalue weighted by atomic mass is 9.97. The first-order valence-corrected chi connectivity index (χ1v) is 6.30. The Bertz CT molecular complexity index is 573. The highest BCUT2D eigenvalue weighted by atomic mass is 16.3. The van der Waals surface area contributed by atoms with Gasteiger partial charge in [0.05, 0.1) is 18.3 Å². The van der Waals surface area contributed by atoms with Crippen molar-refractivity contribution in [2.24, 2.45) is 5.73 Å². The number of hydrogen-bond donors (Lipinski definition) is 2. The zero-order chi connectivity index (χ0) is 14.0. The quantitative estimate of drug-likeness (QED) is 0.882. The van der Waals surface area contributed by atoms with Crippen molar-refractivity contribution in [1.82, 2.24) is 9.97 Å². The van der Waals surface area contributed by atoms with E-state index in [9.17, 15) is 0 Å². The molecule has 0 bridgehead atoms. The lowest BCUT2D eigenvalue weighted by molar-refractivity contribution is 0.263. The molecule has 0 saturated carbocycles. The summed E-state index contributed by atoms with van der Waals surface area (Å²) >= 11 is 0. The molecule has 0 radical (unpaired) electrons. The molecule has 1 aromatic carbocycles. The van der Waals surface area contributed by atoms with E-state index in [1.807, 2.05) is 6.07 Å². The van der Waals surface area contributed by atoms with Gasteiger partial charge < -0.3 is 10.8 Å². The fraction of sp³-hybridized carbons (Fsp3) is 0.333. The Kier molecular flexibility index (Phi) is 3.93. The number of nitrogens with two attached hydrogens (primary N) is 1. The van der Waals surface area contributed by atoms with Crippen LogP contribution in [-0.2, 0) is 0 Å². The van der Waals surface area contributed by atoms with Crippen LogP contribution < -0.4 is 5.73 Å². The van der Waals surface area contributed by atoms with E-state index in [0.717, 1.165) is 11.3 Å². The average molecular weight is 257 g/mol. The van der Waals surface area contributed by atoms with Gasteiger partial charge in [-0.3, -0.25) is 0 Å². The van der Waals surface area contributed by atoms with Crippen LogP contribution >= 0.6 is 0 Å². The van der Waals surface area contributed by atoms with Crippen molar-refractivity contribution in [3.8, 4) is 11.3 Å². The summed E-state index contributed by atoms with van der Waals surface area (Å²) in [6.07, 6.45) is 1.69. The lowest BCUT2D eigenvalue weighted by Gasteiger charge is -2.13. The van der Waals surface area contributed by atoms with Crippen molar-refractivity contribution >= 4 is 0 Å². The molecule has 0 fully saturated rings. The molecule has 1 unspecified atom stereocenters. The zero-order valence-electron chi connectivity index (χ0n) is 11.5. The summed E-state index contributed by atoms with van der Waals surface area (Å²) in [5.41, 5.74) is 11.3. The highest BCUT2D eigenvalue weighted by Crippen LogP contribution is 2.27. The Morgan fingerprint density at radius 3 is 2.42 bits per heavy atom. The molecule has 2 aromatic rings. The Balaban J connectivity index is 2.54. The summed E-state index contributed by atoms with van der Waals surface area (Å²) in [6.45, 7) is 6.07. The molecule has 0 aliphatic heterocycles. The second-order valence-corrected chi connectivity index (χ2v) is 4.86. The molecular weight excluding hydrogens is 238 g/mol. The van der Waals surface area contributed by atoms with Crippen molar-refractivity contribution in [1.29, 1.82) is 0 Å². The number of rotatable bonds is 3. The number of aromatic nitrogens is 2. The summed E-state index contributed by atoms with van der Waals surface area (Å²) < 4.78 is 0. The molecule has 3 N–H and O–H groups in total. The van der Waals surface area contributed by atoms with Crippen molar-refractivity contribution < 1.29 is 5.11 Å². The molecule has 0 aliphatic rings. The first-order chi connectivity index (χ1) is 9.02. The summed E-state index contributed by atoms with van der Waals surface area (Å²) in [7, 11) is 0. The smallest absolute Gasteiger partial charge is 0.147 e. The predicted molar refractivity (Wildman–Crippen MR) is 75.7 cm³/mol. The van der Waals surface area contributed by atoms with Crippen molar-refractivity contribution in [2.75, 3.05) is 6.61 Å². The number of aryl methyl sites for hydroxylation is 3. The van der Waals surface area contributed by atoms with Crippen molar-refractivity contribution in [3.05, 3.63) is 46.9 Å². The normalized spacial score (nSPS) is 12.5. The van der Waals surface area contributed by atoms with E-state index >= 15 is 0 Å². The van der Waals surface area contributed by atoms with Crippen LogP contribution in [0.1, 0.15) is 28.6 Å². The van der Waals surface area contributed by atoms with Crippen LogP contribution in [0.5, 0.6) is 0 Å². The van der Waals surface area contributed by atoms with Gasteiger partial charge in [-0.25, -0.2) is 9.97 Å². The van der Waals surface area contributed by atoms with E-state index < -0.39 is 6.04 Å². The summed E-state index contributed by atoms with van der Waals surface area (Å²) in [6, 6.07) is 5.61. The standard InChI is InChI=1S/C15H19N3O/c1-9-6-10(2)14(11(3)7-9)13-4-5-17-15(18-13)12(16)8-19/h4-7,12,19H,8,16H2,1-3H3. The molecule has 0 saturated heterocycles. The molecule has 0 spiro atoms. The lowest BCUT2D eigenvalue weighted by Crippen LogP contribution is -2.18. The van der Waals surface area contributed by atoms with Gasteiger partial charge in [0.2, 0.25) is 0 Å². The first kappa shape index (κ1) is 13.6. The minimum atomic E-state index is -0.536. The SMILES string of the molecule is Cc1cc(C)c(-c2ccnc(C(N)CO)n2)c(C)c1. The number of aliphatic hydroxyl groups excluding tert-OH is 1. The van der Waals surface area contributed by atoms with Gasteiger partial charge in [-0.05, 0) is 38.0 Å². The summed E-state index contributed by atoms with van der Waals surface area (Å²) in [5, 5.41) is 9.09. The van der Waals surface area contributed by atoms with Crippen LogP contribution in [0.25, 0.3) is 11.3 Å².